The summed E-state index contributed by atoms with van der Waals surface area (Å²) in [5.41, 5.74) is 0.729. The molecule has 33 heavy (non-hydrogen) atoms. The van der Waals surface area contributed by atoms with Crippen molar-refractivity contribution in [1.29, 1.82) is 0 Å². The van der Waals surface area contributed by atoms with Gasteiger partial charge in [0.2, 0.25) is 5.91 Å². The zero-order valence-corrected chi connectivity index (χ0v) is 22.3. The summed E-state index contributed by atoms with van der Waals surface area (Å²) in [4.78, 5) is 28.1. The Morgan fingerprint density at radius 3 is 2.45 bits per heavy atom. The third kappa shape index (κ3) is 7.76. The van der Waals surface area contributed by atoms with Crippen molar-refractivity contribution in [1.82, 2.24) is 10.2 Å². The van der Waals surface area contributed by atoms with Gasteiger partial charge in [-0.1, -0.05) is 55.5 Å². The second kappa shape index (κ2) is 12.8. The molecular formula is C25H29Cl2IN2O3. The summed E-state index contributed by atoms with van der Waals surface area (Å²) in [6.07, 6.45) is 5.89. The van der Waals surface area contributed by atoms with E-state index in [1.165, 1.54) is 6.42 Å². The van der Waals surface area contributed by atoms with Crippen LogP contribution in [-0.2, 0) is 16.1 Å². The van der Waals surface area contributed by atoms with E-state index >= 15 is 0 Å². The van der Waals surface area contributed by atoms with Crippen molar-refractivity contribution in [2.24, 2.45) is 0 Å². The summed E-state index contributed by atoms with van der Waals surface area (Å²) < 4.78 is 6.81. The first-order valence-electron chi connectivity index (χ1n) is 11.3. The topological polar surface area (TPSA) is 58.6 Å². The van der Waals surface area contributed by atoms with E-state index in [1.807, 2.05) is 31.2 Å². The molecular weight excluding hydrogens is 574 g/mol. The van der Waals surface area contributed by atoms with Crippen molar-refractivity contribution >= 4 is 57.6 Å². The molecule has 0 saturated heterocycles. The van der Waals surface area contributed by atoms with Crippen LogP contribution in [0.25, 0.3) is 0 Å². The van der Waals surface area contributed by atoms with Crippen LogP contribution < -0.4 is 10.1 Å². The van der Waals surface area contributed by atoms with Crippen molar-refractivity contribution in [3.63, 3.8) is 0 Å². The van der Waals surface area contributed by atoms with E-state index in [1.54, 1.807) is 23.1 Å². The molecule has 2 aromatic carbocycles. The highest BCUT2D eigenvalue weighted by atomic mass is 127. The van der Waals surface area contributed by atoms with Gasteiger partial charge in [0.15, 0.2) is 6.61 Å². The van der Waals surface area contributed by atoms with Crippen LogP contribution in [0.2, 0.25) is 10.0 Å². The Bertz CT molecular complexity index is 949. The van der Waals surface area contributed by atoms with Crippen LogP contribution in [0.3, 0.4) is 0 Å². The van der Waals surface area contributed by atoms with E-state index in [2.05, 4.69) is 27.9 Å². The van der Waals surface area contributed by atoms with Gasteiger partial charge in [-0.15, -0.1) is 0 Å². The van der Waals surface area contributed by atoms with Crippen LogP contribution in [0.15, 0.2) is 42.5 Å². The summed E-state index contributed by atoms with van der Waals surface area (Å²) in [5, 5.41) is 4.15. The van der Waals surface area contributed by atoms with E-state index in [0.29, 0.717) is 22.2 Å². The number of hydrogen-bond acceptors (Lipinski definition) is 3. The molecule has 2 amide bonds. The van der Waals surface area contributed by atoms with Gasteiger partial charge in [0, 0.05) is 26.2 Å². The molecule has 0 aromatic heterocycles. The maximum atomic E-state index is 13.3. The SMILES string of the molecule is CC[C@@H](C(=O)NC1CCCCC1)N(Cc1ccc(Cl)cc1Cl)C(=O)COc1ccc(I)cc1. The molecule has 1 fully saturated rings. The number of nitrogens with zero attached hydrogens (tertiary/aromatic N) is 1. The number of rotatable bonds is 9. The molecule has 5 nitrogen and oxygen atoms in total. The monoisotopic (exact) mass is 602 g/mol. The molecule has 0 heterocycles. The Morgan fingerprint density at radius 1 is 1.12 bits per heavy atom. The fourth-order valence-electron chi connectivity index (χ4n) is 4.06. The molecule has 1 aliphatic rings. The van der Waals surface area contributed by atoms with Gasteiger partial charge in [0.05, 0.1) is 0 Å². The summed E-state index contributed by atoms with van der Waals surface area (Å²) in [6.45, 7) is 1.94. The van der Waals surface area contributed by atoms with Crippen molar-refractivity contribution in [3.05, 3.63) is 61.6 Å². The van der Waals surface area contributed by atoms with E-state index in [0.717, 1.165) is 34.8 Å². The highest BCUT2D eigenvalue weighted by Crippen LogP contribution is 2.24. The Kier molecular flexibility index (Phi) is 10.1. The Labute approximate surface area is 219 Å². The third-order valence-corrected chi connectivity index (χ3v) is 7.18. The number of amides is 2. The van der Waals surface area contributed by atoms with Crippen LogP contribution in [0.5, 0.6) is 5.75 Å². The number of carbonyl (C=O) groups is 2. The fourth-order valence-corrected chi connectivity index (χ4v) is 4.88. The molecule has 1 atom stereocenters. The zero-order chi connectivity index (χ0) is 23.8. The molecule has 0 spiro atoms. The maximum absolute atomic E-state index is 13.3. The second-order valence-electron chi connectivity index (χ2n) is 8.27. The predicted molar refractivity (Wildman–Crippen MR) is 141 cm³/mol. The van der Waals surface area contributed by atoms with Crippen molar-refractivity contribution in [2.45, 2.75) is 64.1 Å². The third-order valence-electron chi connectivity index (χ3n) is 5.87. The fraction of sp³-hybridized carbons (Fsp3) is 0.440. The molecule has 1 aliphatic carbocycles. The molecule has 1 saturated carbocycles. The number of benzene rings is 2. The first-order valence-corrected chi connectivity index (χ1v) is 13.1. The summed E-state index contributed by atoms with van der Waals surface area (Å²) in [6, 6.07) is 12.2. The summed E-state index contributed by atoms with van der Waals surface area (Å²) in [7, 11) is 0. The second-order valence-corrected chi connectivity index (χ2v) is 10.4. The molecule has 3 rings (SSSR count). The van der Waals surface area contributed by atoms with Gasteiger partial charge >= 0.3 is 0 Å². The quantitative estimate of drug-likeness (QED) is 0.346. The molecule has 0 bridgehead atoms. The molecule has 1 N–H and O–H groups in total. The summed E-state index contributed by atoms with van der Waals surface area (Å²) in [5.74, 6) is 0.204. The van der Waals surface area contributed by atoms with Gasteiger partial charge in [-0.05, 0) is 83.8 Å². The lowest BCUT2D eigenvalue weighted by Gasteiger charge is -2.33. The Hall–Kier alpha value is -1.51. The lowest BCUT2D eigenvalue weighted by atomic mass is 9.95. The van der Waals surface area contributed by atoms with Gasteiger partial charge in [-0.2, -0.15) is 0 Å². The van der Waals surface area contributed by atoms with Gasteiger partial charge in [0.25, 0.3) is 5.91 Å². The average Bonchev–Trinajstić information content (AvgIpc) is 2.80. The minimum atomic E-state index is -0.619. The van der Waals surface area contributed by atoms with E-state index in [9.17, 15) is 9.59 Å². The Morgan fingerprint density at radius 2 is 1.82 bits per heavy atom. The highest BCUT2D eigenvalue weighted by molar-refractivity contribution is 14.1. The van der Waals surface area contributed by atoms with Crippen molar-refractivity contribution in [3.8, 4) is 5.75 Å². The smallest absolute Gasteiger partial charge is 0.261 e. The highest BCUT2D eigenvalue weighted by Gasteiger charge is 2.31. The van der Waals surface area contributed by atoms with Crippen LogP contribution in [0, 0.1) is 3.57 Å². The minimum absolute atomic E-state index is 0.128. The predicted octanol–water partition coefficient (Wildman–Crippen LogP) is 6.23. The van der Waals surface area contributed by atoms with Gasteiger partial charge in [-0.3, -0.25) is 9.59 Å². The number of halogens is 3. The van der Waals surface area contributed by atoms with Crippen LogP contribution in [0.1, 0.15) is 51.0 Å². The lowest BCUT2D eigenvalue weighted by Crippen LogP contribution is -2.52. The normalized spacial score (nSPS) is 15.0. The largest absolute Gasteiger partial charge is 0.484 e. The molecule has 178 valence electrons. The number of carbonyl (C=O) groups excluding carboxylic acids is 2. The molecule has 0 unspecified atom stereocenters. The number of ether oxygens (including phenoxy) is 1. The molecule has 2 aromatic rings. The average molecular weight is 603 g/mol. The molecule has 8 heteroatoms. The molecule has 0 radical (unpaired) electrons. The lowest BCUT2D eigenvalue weighted by molar-refractivity contribution is -0.143. The van der Waals surface area contributed by atoms with E-state index in [-0.39, 0.29) is 31.0 Å². The van der Waals surface area contributed by atoms with E-state index in [4.69, 9.17) is 27.9 Å². The number of hydrogen-bond donors (Lipinski definition) is 1. The van der Waals surface area contributed by atoms with Crippen molar-refractivity contribution in [2.75, 3.05) is 6.61 Å². The van der Waals surface area contributed by atoms with Gasteiger partial charge in [0.1, 0.15) is 11.8 Å². The van der Waals surface area contributed by atoms with Crippen LogP contribution >= 0.6 is 45.8 Å². The number of nitrogens with one attached hydrogen (secondary N) is 1. The Balaban J connectivity index is 1.77. The van der Waals surface area contributed by atoms with E-state index < -0.39 is 6.04 Å². The zero-order valence-electron chi connectivity index (χ0n) is 18.7. The maximum Gasteiger partial charge on any atom is 0.261 e. The van der Waals surface area contributed by atoms with Gasteiger partial charge < -0.3 is 15.0 Å². The first-order chi connectivity index (χ1) is 15.9. The van der Waals surface area contributed by atoms with Crippen molar-refractivity contribution < 1.29 is 14.3 Å². The minimum Gasteiger partial charge on any atom is -0.484 e. The van der Waals surface area contributed by atoms with Gasteiger partial charge in [-0.25, -0.2) is 0 Å². The summed E-state index contributed by atoms with van der Waals surface area (Å²) >= 11 is 14.7. The first kappa shape index (κ1) is 26.1. The van der Waals surface area contributed by atoms with Crippen LogP contribution in [0.4, 0.5) is 0 Å². The standard InChI is InChI=1S/C25H29Cl2IN2O3/c1-2-23(25(32)29-20-6-4-3-5-7-20)30(15-17-8-9-18(26)14-22(17)27)24(31)16-33-21-12-10-19(28)11-13-21/h8-14,20,23H,2-7,15-16H2,1H3,(H,29,32)/t23-/m0/s1. The van der Waals surface area contributed by atoms with Crippen LogP contribution in [-0.4, -0.2) is 35.4 Å². The molecule has 0 aliphatic heterocycles.